The Morgan fingerprint density at radius 3 is 1.79 bits per heavy atom. The first kappa shape index (κ1) is 22.8. The number of hydrogen-bond acceptors (Lipinski definition) is 8. The number of methoxy groups -OCH3 is 2. The van der Waals surface area contributed by atoms with Crippen molar-refractivity contribution in [1.29, 1.82) is 5.26 Å². The molecular formula is C18H17N3O8. The molecule has 0 saturated carbocycles. The highest BCUT2D eigenvalue weighted by Crippen LogP contribution is 2.30. The molecule has 0 unspecified atom stereocenters. The van der Waals surface area contributed by atoms with Crippen molar-refractivity contribution in [3.8, 4) is 17.6 Å². The molecule has 0 aromatic heterocycles. The monoisotopic (exact) mass is 403 g/mol. The number of aromatic carboxylic acids is 1. The maximum absolute atomic E-state index is 10.7. The second-order valence-corrected chi connectivity index (χ2v) is 5.61. The van der Waals surface area contributed by atoms with E-state index in [0.717, 1.165) is 6.07 Å². The molecule has 11 nitrogen and oxygen atoms in total. The molecule has 0 aliphatic heterocycles. The number of carboxylic acids is 1. The molecule has 2 aromatic rings. The molecule has 0 radical (unpaired) electrons. The lowest BCUT2D eigenvalue weighted by Gasteiger charge is -2.05. The van der Waals surface area contributed by atoms with Crippen LogP contribution in [0.1, 0.15) is 27.0 Å². The highest BCUT2D eigenvalue weighted by molar-refractivity contribution is 5.90. The quantitative estimate of drug-likeness (QED) is 0.581. The van der Waals surface area contributed by atoms with E-state index in [1.54, 1.807) is 6.92 Å². The van der Waals surface area contributed by atoms with Gasteiger partial charge in [-0.2, -0.15) is 5.26 Å². The fraction of sp³-hybridized carbons (Fsp3) is 0.222. The summed E-state index contributed by atoms with van der Waals surface area (Å²) in [5.74, 6) is -1.08. The summed E-state index contributed by atoms with van der Waals surface area (Å²) >= 11 is 0. The van der Waals surface area contributed by atoms with Crippen LogP contribution in [0.25, 0.3) is 0 Å². The largest absolute Gasteiger partial charge is 0.490 e. The van der Waals surface area contributed by atoms with Crippen molar-refractivity contribution in [2.24, 2.45) is 0 Å². The molecule has 0 aliphatic carbocycles. The molecule has 0 atom stereocenters. The Balaban J connectivity index is 0.000000291. The van der Waals surface area contributed by atoms with Crippen molar-refractivity contribution >= 4 is 17.3 Å². The van der Waals surface area contributed by atoms with Gasteiger partial charge in [-0.15, -0.1) is 0 Å². The van der Waals surface area contributed by atoms with E-state index < -0.39 is 15.8 Å². The molecule has 0 saturated heterocycles. The van der Waals surface area contributed by atoms with Gasteiger partial charge in [-0.05, 0) is 25.0 Å². The number of aryl methyl sites for hydroxylation is 2. The first-order valence-electron chi connectivity index (χ1n) is 7.86. The normalized spacial score (nSPS) is 9.48. The predicted octanol–water partition coefficient (Wildman–Crippen LogP) is 3.39. The zero-order valence-electron chi connectivity index (χ0n) is 16.0. The van der Waals surface area contributed by atoms with Crippen molar-refractivity contribution < 1.29 is 29.2 Å². The summed E-state index contributed by atoms with van der Waals surface area (Å²) in [4.78, 5) is 30.8. The Kier molecular flexibility index (Phi) is 7.60. The topological polar surface area (TPSA) is 166 Å². The number of benzene rings is 2. The van der Waals surface area contributed by atoms with Gasteiger partial charge in [0, 0.05) is 24.3 Å². The van der Waals surface area contributed by atoms with Gasteiger partial charge in [0.05, 0.1) is 41.3 Å². The average Bonchev–Trinajstić information content (AvgIpc) is 2.67. The van der Waals surface area contributed by atoms with Crippen molar-refractivity contribution in [2.75, 3.05) is 14.2 Å². The van der Waals surface area contributed by atoms with Crippen LogP contribution in [0.2, 0.25) is 0 Å². The van der Waals surface area contributed by atoms with Gasteiger partial charge in [0.15, 0.2) is 11.5 Å². The maximum atomic E-state index is 10.7. The third kappa shape index (κ3) is 5.39. The molecule has 2 rings (SSSR count). The van der Waals surface area contributed by atoms with E-state index in [0.29, 0.717) is 16.7 Å². The summed E-state index contributed by atoms with van der Waals surface area (Å²) in [7, 11) is 2.59. The number of nitro benzene ring substituents is 2. The first-order valence-corrected chi connectivity index (χ1v) is 7.86. The zero-order valence-corrected chi connectivity index (χ0v) is 16.0. The number of rotatable bonds is 5. The van der Waals surface area contributed by atoms with Crippen molar-refractivity contribution in [1.82, 2.24) is 0 Å². The average molecular weight is 403 g/mol. The van der Waals surface area contributed by atoms with Crippen LogP contribution in [0.3, 0.4) is 0 Å². The smallest absolute Gasteiger partial charge is 0.336 e. The van der Waals surface area contributed by atoms with E-state index in [-0.39, 0.29) is 28.4 Å². The summed E-state index contributed by atoms with van der Waals surface area (Å²) in [5.41, 5.74) is 0.920. The van der Waals surface area contributed by atoms with E-state index >= 15 is 0 Å². The number of nitriles is 1. The summed E-state index contributed by atoms with van der Waals surface area (Å²) in [6.07, 6.45) is 0. The van der Waals surface area contributed by atoms with Gasteiger partial charge in [0.1, 0.15) is 0 Å². The van der Waals surface area contributed by atoms with Crippen LogP contribution < -0.4 is 9.47 Å². The molecule has 1 N–H and O–H groups in total. The van der Waals surface area contributed by atoms with E-state index in [9.17, 15) is 25.0 Å². The number of ether oxygens (including phenoxy) is 2. The Hall–Kier alpha value is -4.20. The molecule has 29 heavy (non-hydrogen) atoms. The Labute approximate surface area is 165 Å². The molecule has 152 valence electrons. The van der Waals surface area contributed by atoms with Gasteiger partial charge in [0.2, 0.25) is 0 Å². The van der Waals surface area contributed by atoms with Crippen LogP contribution in [0.4, 0.5) is 11.4 Å². The van der Waals surface area contributed by atoms with Crippen LogP contribution in [-0.4, -0.2) is 35.1 Å². The SMILES string of the molecule is COc1cc(C#N)c(C)cc1[N+](=O)[O-].COc1cc(C(=O)O)c(C)cc1[N+](=O)[O-]. The predicted molar refractivity (Wildman–Crippen MR) is 100 cm³/mol. The van der Waals surface area contributed by atoms with E-state index in [1.807, 2.05) is 6.07 Å². The minimum atomic E-state index is -1.14. The van der Waals surface area contributed by atoms with Gasteiger partial charge in [0.25, 0.3) is 0 Å². The van der Waals surface area contributed by atoms with Crippen LogP contribution in [0.15, 0.2) is 24.3 Å². The molecule has 2 aromatic carbocycles. The first-order chi connectivity index (χ1) is 13.6. The molecular weight excluding hydrogens is 386 g/mol. The third-order valence-electron chi connectivity index (χ3n) is 3.80. The second-order valence-electron chi connectivity index (χ2n) is 5.61. The van der Waals surface area contributed by atoms with Crippen molar-refractivity contribution in [2.45, 2.75) is 13.8 Å². The highest BCUT2D eigenvalue weighted by Gasteiger charge is 2.20. The number of carbonyl (C=O) groups is 1. The third-order valence-corrected chi connectivity index (χ3v) is 3.80. The van der Waals surface area contributed by atoms with E-state index in [2.05, 4.69) is 0 Å². The lowest BCUT2D eigenvalue weighted by molar-refractivity contribution is -0.385. The maximum Gasteiger partial charge on any atom is 0.336 e. The zero-order chi connectivity index (χ0) is 22.3. The lowest BCUT2D eigenvalue weighted by Crippen LogP contribution is -2.03. The summed E-state index contributed by atoms with van der Waals surface area (Å²) in [5, 5.41) is 38.6. The molecule has 0 bridgehead atoms. The van der Waals surface area contributed by atoms with Crippen molar-refractivity contribution in [3.05, 3.63) is 66.7 Å². The van der Waals surface area contributed by atoms with Gasteiger partial charge >= 0.3 is 17.3 Å². The molecule has 0 aliphatic rings. The summed E-state index contributed by atoms with van der Waals surface area (Å²) in [6, 6.07) is 6.96. The number of hydrogen-bond donors (Lipinski definition) is 1. The fourth-order valence-corrected chi connectivity index (χ4v) is 2.31. The Morgan fingerprint density at radius 2 is 1.41 bits per heavy atom. The summed E-state index contributed by atoms with van der Waals surface area (Å²) < 4.78 is 9.56. The van der Waals surface area contributed by atoms with Crippen molar-refractivity contribution in [3.63, 3.8) is 0 Å². The van der Waals surface area contributed by atoms with E-state index in [1.165, 1.54) is 39.3 Å². The molecule has 0 fully saturated rings. The van der Waals surface area contributed by atoms with Gasteiger partial charge < -0.3 is 14.6 Å². The fourth-order valence-electron chi connectivity index (χ4n) is 2.31. The van der Waals surface area contributed by atoms with Gasteiger partial charge in [-0.25, -0.2) is 4.79 Å². The molecule has 0 spiro atoms. The van der Waals surface area contributed by atoms with Gasteiger partial charge in [-0.1, -0.05) is 0 Å². The van der Waals surface area contributed by atoms with Gasteiger partial charge in [-0.3, -0.25) is 20.2 Å². The Bertz CT molecular complexity index is 1010. The van der Waals surface area contributed by atoms with Crippen LogP contribution in [-0.2, 0) is 0 Å². The highest BCUT2D eigenvalue weighted by atomic mass is 16.6. The number of carboxylic acid groups (broad SMARTS) is 1. The van der Waals surface area contributed by atoms with Crippen LogP contribution in [0, 0.1) is 45.4 Å². The lowest BCUT2D eigenvalue weighted by atomic mass is 10.1. The minimum Gasteiger partial charge on any atom is -0.490 e. The van der Waals surface area contributed by atoms with Crippen LogP contribution in [0.5, 0.6) is 11.5 Å². The minimum absolute atomic E-state index is 0.00236. The summed E-state index contributed by atoms with van der Waals surface area (Å²) in [6.45, 7) is 3.14. The molecule has 11 heteroatoms. The standard InChI is InChI=1S/C9H8N2O3.C9H9NO5/c1-6-3-8(11(12)13)9(14-2)4-7(6)5-10;1-5-3-7(10(13)14)8(15-2)4-6(5)9(11)12/h3-4H,1-2H3;3-4H,1-2H3,(H,11,12). The number of nitrogens with zero attached hydrogens (tertiary/aromatic N) is 3. The van der Waals surface area contributed by atoms with E-state index in [4.69, 9.17) is 19.8 Å². The number of nitro groups is 2. The Morgan fingerprint density at radius 1 is 0.966 bits per heavy atom. The van der Waals surface area contributed by atoms with Crippen LogP contribution >= 0.6 is 0 Å². The molecule has 0 heterocycles. The molecule has 0 amide bonds. The second kappa shape index (κ2) is 9.65.